The minimum absolute atomic E-state index is 0.0708. The summed E-state index contributed by atoms with van der Waals surface area (Å²) in [5, 5.41) is 2.80. The van der Waals surface area contributed by atoms with Gasteiger partial charge in [-0.15, -0.1) is 0 Å². The highest BCUT2D eigenvalue weighted by molar-refractivity contribution is 7.85. The van der Waals surface area contributed by atoms with Gasteiger partial charge in [-0.1, -0.05) is 0 Å². The summed E-state index contributed by atoms with van der Waals surface area (Å²) >= 11 is 0. The largest absolute Gasteiger partial charge is 0.497 e. The summed E-state index contributed by atoms with van der Waals surface area (Å²) in [6, 6.07) is 5.16. The zero-order chi connectivity index (χ0) is 15.2. The van der Waals surface area contributed by atoms with Crippen LogP contribution in [0.15, 0.2) is 18.2 Å². The van der Waals surface area contributed by atoms with Gasteiger partial charge in [-0.2, -0.15) is 0 Å². The van der Waals surface area contributed by atoms with E-state index >= 15 is 0 Å². The third-order valence-corrected chi connectivity index (χ3v) is 4.73. The van der Waals surface area contributed by atoms with Crippen LogP contribution in [0.2, 0.25) is 0 Å². The topological polar surface area (TPSA) is 84.7 Å². The van der Waals surface area contributed by atoms with Gasteiger partial charge >= 0.3 is 0 Å². The Labute approximate surface area is 127 Å². The predicted molar refractivity (Wildman–Crippen MR) is 85.0 cm³/mol. The Hall–Kier alpha value is -1.60. The normalized spacial score (nSPS) is 16.6. The molecule has 0 spiro atoms. The molecule has 116 valence electrons. The molecule has 0 saturated carbocycles. The molecule has 0 bridgehead atoms. The minimum Gasteiger partial charge on any atom is -0.497 e. The molecule has 1 aromatic rings. The lowest BCUT2D eigenvalue weighted by Gasteiger charge is -2.25. The number of amides is 1. The fourth-order valence-electron chi connectivity index (χ4n) is 2.15. The van der Waals surface area contributed by atoms with Crippen LogP contribution >= 0.6 is 0 Å². The molecule has 1 aromatic carbocycles. The van der Waals surface area contributed by atoms with Crippen LogP contribution in [-0.4, -0.2) is 53.3 Å². The molecule has 0 atom stereocenters. The number of nitrogens with one attached hydrogen (secondary N) is 1. The number of carbonyl (C=O) groups excluding carboxylic acids is 1. The molecule has 1 heterocycles. The number of nitrogens with zero attached hydrogens (tertiary/aromatic N) is 1. The quantitative estimate of drug-likeness (QED) is 0.781. The number of benzene rings is 1. The van der Waals surface area contributed by atoms with Gasteiger partial charge in [0.2, 0.25) is 5.91 Å². The Bertz CT molecular complexity index is 526. The number of nitrogen functional groups attached to an aromatic ring is 1. The smallest absolute Gasteiger partial charge is 0.225 e. The standard InChI is InChI=1S/C14H21N3O3S/c1-20-11-2-3-13(12(15)10-11)16-14(18)4-5-17-6-8-21(19)9-7-17/h2-3,10H,4-9,15H2,1H3,(H,16,18). The van der Waals surface area contributed by atoms with Crippen molar-refractivity contribution in [3.05, 3.63) is 18.2 Å². The summed E-state index contributed by atoms with van der Waals surface area (Å²) < 4.78 is 16.3. The molecule has 0 radical (unpaired) electrons. The van der Waals surface area contributed by atoms with Crippen molar-refractivity contribution in [2.45, 2.75) is 6.42 Å². The number of nitrogens with two attached hydrogens (primary N) is 1. The highest BCUT2D eigenvalue weighted by Gasteiger charge is 2.16. The van der Waals surface area contributed by atoms with Crippen LogP contribution in [0.1, 0.15) is 6.42 Å². The maximum absolute atomic E-state index is 11.9. The van der Waals surface area contributed by atoms with Gasteiger partial charge < -0.3 is 20.7 Å². The summed E-state index contributed by atoms with van der Waals surface area (Å²) in [7, 11) is 0.884. The Morgan fingerprint density at radius 3 is 2.76 bits per heavy atom. The Morgan fingerprint density at radius 1 is 1.43 bits per heavy atom. The molecule has 3 N–H and O–H groups in total. The van der Waals surface area contributed by atoms with Gasteiger partial charge in [-0.05, 0) is 12.1 Å². The van der Waals surface area contributed by atoms with Gasteiger partial charge in [-0.3, -0.25) is 9.00 Å². The van der Waals surface area contributed by atoms with Crippen molar-refractivity contribution in [3.8, 4) is 5.75 Å². The zero-order valence-electron chi connectivity index (χ0n) is 12.1. The maximum atomic E-state index is 11.9. The summed E-state index contributed by atoms with van der Waals surface area (Å²) in [5.41, 5.74) is 6.94. The second kappa shape index (κ2) is 7.42. The lowest BCUT2D eigenvalue weighted by Crippen LogP contribution is -2.39. The van der Waals surface area contributed by atoms with Crippen LogP contribution in [0.3, 0.4) is 0 Å². The van der Waals surface area contributed by atoms with Gasteiger partial charge in [0.25, 0.3) is 0 Å². The van der Waals surface area contributed by atoms with E-state index in [-0.39, 0.29) is 5.91 Å². The summed E-state index contributed by atoms with van der Waals surface area (Å²) in [4.78, 5) is 14.1. The van der Waals surface area contributed by atoms with Crippen LogP contribution in [0.4, 0.5) is 11.4 Å². The number of hydrogen-bond donors (Lipinski definition) is 2. The van der Waals surface area contributed by atoms with Crippen LogP contribution in [0.5, 0.6) is 5.75 Å². The van der Waals surface area contributed by atoms with Crippen molar-refractivity contribution in [1.82, 2.24) is 4.90 Å². The molecule has 0 unspecified atom stereocenters. The molecule has 21 heavy (non-hydrogen) atoms. The highest BCUT2D eigenvalue weighted by atomic mass is 32.2. The SMILES string of the molecule is COc1ccc(NC(=O)CCN2CCS(=O)CC2)c(N)c1. The molecule has 1 fully saturated rings. The van der Waals surface area contributed by atoms with Gasteiger partial charge in [0.05, 0.1) is 18.5 Å². The van der Waals surface area contributed by atoms with E-state index in [4.69, 9.17) is 10.5 Å². The fraction of sp³-hybridized carbons (Fsp3) is 0.500. The molecule has 6 nitrogen and oxygen atoms in total. The second-order valence-corrected chi connectivity index (χ2v) is 6.64. The fourth-order valence-corrected chi connectivity index (χ4v) is 3.28. The molecule has 2 rings (SSSR count). The lowest BCUT2D eigenvalue weighted by molar-refractivity contribution is -0.116. The van der Waals surface area contributed by atoms with E-state index < -0.39 is 10.8 Å². The Morgan fingerprint density at radius 2 is 2.14 bits per heavy atom. The third kappa shape index (κ3) is 4.71. The monoisotopic (exact) mass is 311 g/mol. The maximum Gasteiger partial charge on any atom is 0.225 e. The molecular formula is C14H21N3O3S. The third-order valence-electron chi connectivity index (χ3n) is 3.46. The van der Waals surface area contributed by atoms with Crippen molar-refractivity contribution < 1.29 is 13.7 Å². The predicted octanol–water partition coefficient (Wildman–Crippen LogP) is 0.670. The molecule has 0 aliphatic carbocycles. The van der Waals surface area contributed by atoms with Gasteiger partial charge in [0.1, 0.15) is 5.75 Å². The van der Waals surface area contributed by atoms with Crippen LogP contribution < -0.4 is 15.8 Å². The molecule has 7 heteroatoms. The van der Waals surface area contributed by atoms with Crippen LogP contribution in [0, 0.1) is 0 Å². The van der Waals surface area contributed by atoms with Crippen LogP contribution in [-0.2, 0) is 15.6 Å². The molecular weight excluding hydrogens is 290 g/mol. The van der Waals surface area contributed by atoms with E-state index in [1.54, 1.807) is 25.3 Å². The zero-order valence-corrected chi connectivity index (χ0v) is 12.9. The van der Waals surface area contributed by atoms with E-state index in [1.807, 2.05) is 0 Å². The molecule has 1 aliphatic heterocycles. The van der Waals surface area contributed by atoms with E-state index in [2.05, 4.69) is 10.2 Å². The van der Waals surface area contributed by atoms with E-state index in [1.165, 1.54) is 0 Å². The van der Waals surface area contributed by atoms with E-state index in [0.29, 0.717) is 41.6 Å². The summed E-state index contributed by atoms with van der Waals surface area (Å²) in [6.45, 7) is 2.27. The van der Waals surface area contributed by atoms with E-state index in [0.717, 1.165) is 13.1 Å². The first-order chi connectivity index (χ1) is 10.1. The van der Waals surface area contributed by atoms with Crippen molar-refractivity contribution >= 4 is 28.1 Å². The molecule has 0 aromatic heterocycles. The average molecular weight is 311 g/mol. The first kappa shape index (κ1) is 15.8. The first-order valence-corrected chi connectivity index (χ1v) is 8.38. The number of anilines is 2. The van der Waals surface area contributed by atoms with Crippen molar-refractivity contribution in [2.24, 2.45) is 0 Å². The van der Waals surface area contributed by atoms with Crippen molar-refractivity contribution in [1.29, 1.82) is 0 Å². The Kier molecular flexibility index (Phi) is 5.58. The second-order valence-electron chi connectivity index (χ2n) is 4.94. The summed E-state index contributed by atoms with van der Waals surface area (Å²) in [6.07, 6.45) is 0.401. The number of methoxy groups -OCH3 is 1. The number of carbonyl (C=O) groups is 1. The summed E-state index contributed by atoms with van der Waals surface area (Å²) in [5.74, 6) is 1.99. The number of ether oxygens (including phenoxy) is 1. The Balaban J connectivity index is 1.80. The van der Waals surface area contributed by atoms with Gasteiger partial charge in [-0.25, -0.2) is 0 Å². The number of rotatable bonds is 5. The molecule has 1 aliphatic rings. The van der Waals surface area contributed by atoms with Crippen molar-refractivity contribution in [3.63, 3.8) is 0 Å². The average Bonchev–Trinajstić information content (AvgIpc) is 2.48. The van der Waals surface area contributed by atoms with E-state index in [9.17, 15) is 9.00 Å². The lowest BCUT2D eigenvalue weighted by atomic mass is 10.2. The van der Waals surface area contributed by atoms with Gasteiger partial charge in [0, 0.05) is 54.4 Å². The minimum atomic E-state index is -0.684. The van der Waals surface area contributed by atoms with Gasteiger partial charge in [0.15, 0.2) is 0 Å². The first-order valence-electron chi connectivity index (χ1n) is 6.89. The van der Waals surface area contributed by atoms with Crippen molar-refractivity contribution in [2.75, 3.05) is 49.3 Å². The number of hydrogen-bond acceptors (Lipinski definition) is 5. The van der Waals surface area contributed by atoms with Crippen LogP contribution in [0.25, 0.3) is 0 Å². The highest BCUT2D eigenvalue weighted by Crippen LogP contribution is 2.24. The molecule has 1 saturated heterocycles. The molecule has 1 amide bonds.